The summed E-state index contributed by atoms with van der Waals surface area (Å²) in [4.78, 5) is 25.9. The molecule has 1 aromatic carbocycles. The fourth-order valence-electron chi connectivity index (χ4n) is 1.55. The second-order valence-electron chi connectivity index (χ2n) is 3.97. The molecule has 0 spiro atoms. The number of carbonyl (C=O) groups is 2. The second-order valence-corrected chi connectivity index (χ2v) is 4.83. The van der Waals surface area contributed by atoms with Crippen LogP contribution < -0.4 is 5.32 Å². The number of aliphatic carboxylic acids is 1. The van der Waals surface area contributed by atoms with Crippen LogP contribution in [0, 0.1) is 5.82 Å². The number of carboxylic acids is 1. The zero-order valence-corrected chi connectivity index (χ0v) is 11.1. The summed E-state index contributed by atoms with van der Waals surface area (Å²) >= 11 is 1.24. The molecule has 2 rings (SSSR count). The lowest BCUT2D eigenvalue weighted by Crippen LogP contribution is -2.30. The molecule has 0 fully saturated rings. The Labute approximate surface area is 118 Å². The van der Waals surface area contributed by atoms with Crippen molar-refractivity contribution < 1.29 is 19.1 Å². The largest absolute Gasteiger partial charge is 0.480 e. The molecule has 0 saturated carbocycles. The van der Waals surface area contributed by atoms with Gasteiger partial charge in [-0.3, -0.25) is 9.59 Å². The number of nitrogens with zero attached hydrogens (tertiary/aromatic N) is 1. The van der Waals surface area contributed by atoms with Crippen LogP contribution in [-0.2, 0) is 16.0 Å². The van der Waals surface area contributed by atoms with Crippen LogP contribution in [0.3, 0.4) is 0 Å². The Morgan fingerprint density at radius 2 is 2.10 bits per heavy atom. The number of amides is 1. The number of hydrogen-bond acceptors (Lipinski definition) is 4. The average Bonchev–Trinajstić information content (AvgIpc) is 2.85. The van der Waals surface area contributed by atoms with Crippen LogP contribution in [0.25, 0.3) is 10.6 Å². The van der Waals surface area contributed by atoms with Gasteiger partial charge in [0.05, 0.1) is 12.1 Å². The van der Waals surface area contributed by atoms with Gasteiger partial charge in [-0.1, -0.05) is 12.1 Å². The number of aromatic nitrogens is 1. The first-order valence-corrected chi connectivity index (χ1v) is 6.62. The van der Waals surface area contributed by atoms with E-state index in [1.165, 1.54) is 17.4 Å². The second kappa shape index (κ2) is 6.25. The highest BCUT2D eigenvalue weighted by Gasteiger charge is 2.12. The molecule has 0 radical (unpaired) electrons. The van der Waals surface area contributed by atoms with E-state index in [4.69, 9.17) is 5.11 Å². The Kier molecular flexibility index (Phi) is 4.41. The lowest BCUT2D eigenvalue weighted by molar-refractivity contribution is -0.137. The summed E-state index contributed by atoms with van der Waals surface area (Å²) in [6.07, 6.45) is -0.0295. The molecule has 0 saturated heterocycles. The Morgan fingerprint density at radius 1 is 1.35 bits per heavy atom. The SMILES string of the molecule is O=C(O)CNC(=O)Cc1csc(-c2ccccc2F)n1. The van der Waals surface area contributed by atoms with Crippen LogP contribution in [0.2, 0.25) is 0 Å². The summed E-state index contributed by atoms with van der Waals surface area (Å²) in [5.74, 6) is -1.91. The summed E-state index contributed by atoms with van der Waals surface area (Å²) < 4.78 is 13.6. The number of hydrogen-bond donors (Lipinski definition) is 2. The predicted molar refractivity (Wildman–Crippen MR) is 71.9 cm³/mol. The van der Waals surface area contributed by atoms with Gasteiger partial charge in [0.1, 0.15) is 17.4 Å². The molecule has 0 aliphatic carbocycles. The van der Waals surface area contributed by atoms with Crippen molar-refractivity contribution in [3.05, 3.63) is 41.2 Å². The molecular weight excluding hydrogens is 283 g/mol. The minimum atomic E-state index is -1.11. The summed E-state index contributed by atoms with van der Waals surface area (Å²) in [6.45, 7) is -0.427. The third kappa shape index (κ3) is 3.61. The number of carbonyl (C=O) groups excluding carboxylic acids is 1. The van der Waals surface area contributed by atoms with Gasteiger partial charge in [-0.2, -0.15) is 0 Å². The summed E-state index contributed by atoms with van der Waals surface area (Å²) in [5.41, 5.74) is 0.867. The maximum Gasteiger partial charge on any atom is 0.322 e. The van der Waals surface area contributed by atoms with Gasteiger partial charge >= 0.3 is 5.97 Å². The number of benzene rings is 1. The van der Waals surface area contributed by atoms with Gasteiger partial charge in [-0.15, -0.1) is 11.3 Å². The van der Waals surface area contributed by atoms with Gasteiger partial charge in [0, 0.05) is 10.9 Å². The Balaban J connectivity index is 2.04. The number of nitrogens with one attached hydrogen (secondary N) is 1. The molecule has 0 aliphatic rings. The van der Waals surface area contributed by atoms with Gasteiger partial charge < -0.3 is 10.4 Å². The summed E-state index contributed by atoms with van der Waals surface area (Å²) in [5, 5.41) is 12.8. The van der Waals surface area contributed by atoms with E-state index in [-0.39, 0.29) is 12.2 Å². The van der Waals surface area contributed by atoms with Crippen molar-refractivity contribution >= 4 is 23.2 Å². The van der Waals surface area contributed by atoms with E-state index in [9.17, 15) is 14.0 Å². The van der Waals surface area contributed by atoms with Crippen molar-refractivity contribution in [2.24, 2.45) is 0 Å². The lowest BCUT2D eigenvalue weighted by atomic mass is 10.2. The third-order valence-electron chi connectivity index (χ3n) is 2.43. The molecule has 0 aliphatic heterocycles. The van der Waals surface area contributed by atoms with Crippen LogP contribution in [0.4, 0.5) is 4.39 Å². The third-order valence-corrected chi connectivity index (χ3v) is 3.36. The van der Waals surface area contributed by atoms with Gasteiger partial charge in [0.2, 0.25) is 5.91 Å². The number of thiazole rings is 1. The highest BCUT2D eigenvalue weighted by molar-refractivity contribution is 7.13. The standard InChI is InChI=1S/C13H11FN2O3S/c14-10-4-2-1-3-9(10)13-16-8(7-20-13)5-11(17)15-6-12(18)19/h1-4,7H,5-6H2,(H,15,17)(H,18,19). The van der Waals surface area contributed by atoms with E-state index < -0.39 is 18.4 Å². The van der Waals surface area contributed by atoms with Gasteiger partial charge in [0.15, 0.2) is 0 Å². The summed E-state index contributed by atoms with van der Waals surface area (Å²) in [7, 11) is 0. The zero-order chi connectivity index (χ0) is 14.5. The van der Waals surface area contributed by atoms with Crippen LogP contribution in [0.1, 0.15) is 5.69 Å². The normalized spacial score (nSPS) is 10.2. The molecule has 1 heterocycles. The quantitative estimate of drug-likeness (QED) is 0.879. The topological polar surface area (TPSA) is 79.3 Å². The smallest absolute Gasteiger partial charge is 0.322 e. The fourth-order valence-corrected chi connectivity index (χ4v) is 2.39. The molecule has 104 valence electrons. The van der Waals surface area contributed by atoms with Crippen LogP contribution in [0.15, 0.2) is 29.6 Å². The fraction of sp³-hybridized carbons (Fsp3) is 0.154. The van der Waals surface area contributed by atoms with Crippen molar-refractivity contribution in [3.63, 3.8) is 0 Å². The molecule has 2 N–H and O–H groups in total. The van der Waals surface area contributed by atoms with E-state index in [0.29, 0.717) is 16.3 Å². The van der Waals surface area contributed by atoms with E-state index in [2.05, 4.69) is 10.3 Å². The Morgan fingerprint density at radius 3 is 2.80 bits per heavy atom. The number of rotatable bonds is 5. The van der Waals surface area contributed by atoms with Crippen molar-refractivity contribution in [3.8, 4) is 10.6 Å². The minimum Gasteiger partial charge on any atom is -0.480 e. The molecule has 1 amide bonds. The zero-order valence-electron chi connectivity index (χ0n) is 10.3. The predicted octanol–water partition coefficient (Wildman–Crippen LogP) is 1.69. The first-order chi connectivity index (χ1) is 9.56. The van der Waals surface area contributed by atoms with Crippen molar-refractivity contribution in [2.75, 3.05) is 6.54 Å². The highest BCUT2D eigenvalue weighted by atomic mass is 32.1. The minimum absolute atomic E-state index is 0.0295. The first-order valence-electron chi connectivity index (χ1n) is 5.74. The number of carboxylic acid groups (broad SMARTS) is 1. The van der Waals surface area contributed by atoms with Crippen molar-refractivity contribution in [1.29, 1.82) is 0 Å². The van der Waals surface area contributed by atoms with E-state index in [0.717, 1.165) is 0 Å². The molecule has 0 unspecified atom stereocenters. The highest BCUT2D eigenvalue weighted by Crippen LogP contribution is 2.26. The molecule has 1 aromatic heterocycles. The van der Waals surface area contributed by atoms with Crippen LogP contribution in [-0.4, -0.2) is 28.5 Å². The maximum atomic E-state index is 13.6. The van der Waals surface area contributed by atoms with E-state index in [1.807, 2.05) is 0 Å². The van der Waals surface area contributed by atoms with Crippen LogP contribution in [0.5, 0.6) is 0 Å². The summed E-state index contributed by atoms with van der Waals surface area (Å²) in [6, 6.07) is 6.25. The first kappa shape index (κ1) is 14.1. The molecule has 20 heavy (non-hydrogen) atoms. The molecule has 0 atom stereocenters. The van der Waals surface area contributed by atoms with Gasteiger partial charge in [-0.05, 0) is 12.1 Å². The monoisotopic (exact) mass is 294 g/mol. The molecule has 2 aromatic rings. The molecule has 7 heteroatoms. The van der Waals surface area contributed by atoms with Crippen molar-refractivity contribution in [1.82, 2.24) is 10.3 Å². The number of halogens is 1. The maximum absolute atomic E-state index is 13.6. The Hall–Kier alpha value is -2.28. The van der Waals surface area contributed by atoms with E-state index in [1.54, 1.807) is 23.6 Å². The molecular formula is C13H11FN2O3S. The molecule has 0 bridgehead atoms. The molecule has 5 nitrogen and oxygen atoms in total. The average molecular weight is 294 g/mol. The van der Waals surface area contributed by atoms with E-state index >= 15 is 0 Å². The van der Waals surface area contributed by atoms with Crippen LogP contribution >= 0.6 is 11.3 Å². The van der Waals surface area contributed by atoms with Gasteiger partial charge in [0.25, 0.3) is 0 Å². The lowest BCUT2D eigenvalue weighted by Gasteiger charge is -2.00. The van der Waals surface area contributed by atoms with Crippen molar-refractivity contribution in [2.45, 2.75) is 6.42 Å². The Bertz CT molecular complexity index is 642. The van der Waals surface area contributed by atoms with Gasteiger partial charge in [-0.25, -0.2) is 9.37 Å².